The maximum absolute atomic E-state index is 12.4. The number of nitrogens with zero attached hydrogens (tertiary/aromatic N) is 3. The molecule has 6 heteroatoms. The van der Waals surface area contributed by atoms with Crippen molar-refractivity contribution in [1.82, 2.24) is 14.9 Å². The third-order valence-electron chi connectivity index (χ3n) is 3.11. The lowest BCUT2D eigenvalue weighted by atomic mass is 10.2. The monoisotopic (exact) mass is 270 g/mol. The van der Waals surface area contributed by atoms with E-state index in [1.807, 2.05) is 24.3 Å². The number of rotatable bonds is 1. The van der Waals surface area contributed by atoms with Gasteiger partial charge in [0.1, 0.15) is 23.9 Å². The van der Waals surface area contributed by atoms with Gasteiger partial charge in [-0.25, -0.2) is 4.98 Å². The van der Waals surface area contributed by atoms with Gasteiger partial charge in [0, 0.05) is 12.1 Å². The quantitative estimate of drug-likeness (QED) is 0.839. The van der Waals surface area contributed by atoms with Gasteiger partial charge < -0.3 is 15.4 Å². The van der Waals surface area contributed by atoms with Crippen LogP contribution in [0.15, 0.2) is 36.7 Å². The Hall–Kier alpha value is -2.63. The van der Waals surface area contributed by atoms with Crippen LogP contribution < -0.4 is 10.5 Å². The van der Waals surface area contributed by atoms with E-state index in [4.69, 9.17) is 10.5 Å². The third kappa shape index (κ3) is 2.40. The summed E-state index contributed by atoms with van der Waals surface area (Å²) in [5.74, 6) is 0.869. The van der Waals surface area contributed by atoms with Crippen molar-refractivity contribution in [3.8, 4) is 5.75 Å². The number of amides is 1. The summed E-state index contributed by atoms with van der Waals surface area (Å²) in [5, 5.41) is 0. The topological polar surface area (TPSA) is 81.3 Å². The molecule has 102 valence electrons. The summed E-state index contributed by atoms with van der Waals surface area (Å²) in [7, 11) is 0. The van der Waals surface area contributed by atoms with E-state index in [0.717, 1.165) is 11.3 Å². The maximum atomic E-state index is 12.4. The number of nitrogen functional groups attached to an aromatic ring is 1. The molecule has 2 N–H and O–H groups in total. The Labute approximate surface area is 116 Å². The number of nitrogens with two attached hydrogens (primary N) is 1. The first-order chi connectivity index (χ1) is 9.74. The molecule has 0 radical (unpaired) electrons. The van der Waals surface area contributed by atoms with Crippen LogP contribution in [0.5, 0.6) is 5.75 Å². The van der Waals surface area contributed by atoms with E-state index in [-0.39, 0.29) is 17.4 Å². The average Bonchev–Trinajstić information content (AvgIpc) is 2.68. The first-order valence-corrected chi connectivity index (χ1v) is 6.31. The van der Waals surface area contributed by atoms with Crippen molar-refractivity contribution in [2.75, 3.05) is 18.9 Å². The highest BCUT2D eigenvalue weighted by atomic mass is 16.5. The van der Waals surface area contributed by atoms with Crippen LogP contribution in [-0.4, -0.2) is 33.9 Å². The molecule has 0 spiro atoms. The van der Waals surface area contributed by atoms with Gasteiger partial charge in [0.25, 0.3) is 5.91 Å². The molecule has 0 aliphatic carbocycles. The fraction of sp³-hybridized carbons (Fsp3) is 0.214. The molecule has 0 saturated carbocycles. The van der Waals surface area contributed by atoms with E-state index < -0.39 is 0 Å². The van der Waals surface area contributed by atoms with Crippen LogP contribution in [-0.2, 0) is 6.54 Å². The molecule has 0 saturated heterocycles. The molecule has 0 fully saturated rings. The minimum atomic E-state index is -0.190. The van der Waals surface area contributed by atoms with E-state index in [9.17, 15) is 4.79 Å². The molecule has 1 aliphatic heterocycles. The van der Waals surface area contributed by atoms with Crippen molar-refractivity contribution >= 4 is 11.7 Å². The molecule has 3 rings (SSSR count). The van der Waals surface area contributed by atoms with E-state index in [1.165, 1.54) is 12.4 Å². The van der Waals surface area contributed by atoms with Crippen LogP contribution >= 0.6 is 0 Å². The lowest BCUT2D eigenvalue weighted by molar-refractivity contribution is 0.0727. The van der Waals surface area contributed by atoms with Crippen LogP contribution in [0.4, 0.5) is 5.82 Å². The number of hydrogen-bond acceptors (Lipinski definition) is 5. The Kier molecular flexibility index (Phi) is 3.20. The third-order valence-corrected chi connectivity index (χ3v) is 3.11. The van der Waals surface area contributed by atoms with Crippen molar-refractivity contribution in [2.24, 2.45) is 0 Å². The molecular weight excluding hydrogens is 256 g/mol. The summed E-state index contributed by atoms with van der Waals surface area (Å²) < 4.78 is 5.63. The number of carbonyl (C=O) groups is 1. The second-order valence-corrected chi connectivity index (χ2v) is 4.51. The zero-order chi connectivity index (χ0) is 13.9. The largest absolute Gasteiger partial charge is 0.491 e. The van der Waals surface area contributed by atoms with Crippen molar-refractivity contribution in [3.05, 3.63) is 47.9 Å². The second-order valence-electron chi connectivity index (χ2n) is 4.51. The Bertz CT molecular complexity index is 645. The molecule has 0 bridgehead atoms. The van der Waals surface area contributed by atoms with Crippen LogP contribution in [0.3, 0.4) is 0 Å². The van der Waals surface area contributed by atoms with Crippen LogP contribution in [0.1, 0.15) is 16.1 Å². The zero-order valence-corrected chi connectivity index (χ0v) is 10.8. The molecule has 0 atom stereocenters. The van der Waals surface area contributed by atoms with Gasteiger partial charge in [-0.1, -0.05) is 18.2 Å². The molecule has 20 heavy (non-hydrogen) atoms. The molecule has 2 heterocycles. The normalized spacial score (nSPS) is 14.1. The van der Waals surface area contributed by atoms with Crippen molar-refractivity contribution in [1.29, 1.82) is 0 Å². The summed E-state index contributed by atoms with van der Waals surface area (Å²) in [6.07, 6.45) is 2.84. The Morgan fingerprint density at radius 1 is 1.30 bits per heavy atom. The number of hydrogen-bond donors (Lipinski definition) is 1. The smallest absolute Gasteiger partial charge is 0.274 e. The first kappa shape index (κ1) is 12.4. The number of fused-ring (bicyclic) bond motifs is 1. The molecule has 1 aliphatic rings. The summed E-state index contributed by atoms with van der Waals surface area (Å²) in [6.45, 7) is 1.45. The number of para-hydroxylation sites is 1. The number of carbonyl (C=O) groups excluding carboxylic acids is 1. The lowest BCUT2D eigenvalue weighted by Gasteiger charge is -2.19. The van der Waals surface area contributed by atoms with Gasteiger partial charge in [-0.15, -0.1) is 0 Å². The summed E-state index contributed by atoms with van der Waals surface area (Å²) in [5.41, 5.74) is 6.80. The van der Waals surface area contributed by atoms with Crippen molar-refractivity contribution in [3.63, 3.8) is 0 Å². The molecule has 0 unspecified atom stereocenters. The van der Waals surface area contributed by atoms with Gasteiger partial charge >= 0.3 is 0 Å². The Morgan fingerprint density at radius 3 is 3.00 bits per heavy atom. The predicted octanol–water partition coefficient (Wildman–Crippen LogP) is 1.09. The number of aromatic nitrogens is 2. The fourth-order valence-corrected chi connectivity index (χ4v) is 2.15. The van der Waals surface area contributed by atoms with Crippen LogP contribution in [0.2, 0.25) is 0 Å². The number of ether oxygens (including phenoxy) is 1. The Balaban J connectivity index is 1.86. The van der Waals surface area contributed by atoms with Gasteiger partial charge in [-0.3, -0.25) is 9.78 Å². The van der Waals surface area contributed by atoms with Crippen molar-refractivity contribution < 1.29 is 9.53 Å². The summed E-state index contributed by atoms with van der Waals surface area (Å²) in [4.78, 5) is 22.0. The van der Waals surface area contributed by atoms with Gasteiger partial charge in [-0.05, 0) is 6.07 Å². The minimum Gasteiger partial charge on any atom is -0.491 e. The van der Waals surface area contributed by atoms with Crippen molar-refractivity contribution in [2.45, 2.75) is 6.54 Å². The molecule has 1 amide bonds. The van der Waals surface area contributed by atoms with Gasteiger partial charge in [0.15, 0.2) is 0 Å². The molecular formula is C14H14N4O2. The van der Waals surface area contributed by atoms with E-state index in [1.54, 1.807) is 4.90 Å². The first-order valence-electron chi connectivity index (χ1n) is 6.31. The zero-order valence-electron chi connectivity index (χ0n) is 10.8. The maximum Gasteiger partial charge on any atom is 0.274 e. The van der Waals surface area contributed by atoms with E-state index >= 15 is 0 Å². The summed E-state index contributed by atoms with van der Waals surface area (Å²) in [6, 6.07) is 7.70. The summed E-state index contributed by atoms with van der Waals surface area (Å²) >= 11 is 0. The fourth-order valence-electron chi connectivity index (χ4n) is 2.15. The second kappa shape index (κ2) is 5.16. The highest BCUT2D eigenvalue weighted by Crippen LogP contribution is 2.23. The van der Waals surface area contributed by atoms with E-state index in [0.29, 0.717) is 19.7 Å². The lowest BCUT2D eigenvalue weighted by Crippen LogP contribution is -2.33. The molecule has 6 nitrogen and oxygen atoms in total. The number of benzene rings is 1. The average molecular weight is 270 g/mol. The predicted molar refractivity (Wildman–Crippen MR) is 73.1 cm³/mol. The van der Waals surface area contributed by atoms with Gasteiger partial charge in [0.2, 0.25) is 0 Å². The highest BCUT2D eigenvalue weighted by Gasteiger charge is 2.22. The minimum absolute atomic E-state index is 0.190. The molecule has 2 aromatic rings. The van der Waals surface area contributed by atoms with Crippen LogP contribution in [0, 0.1) is 0 Å². The number of anilines is 1. The molecule has 1 aromatic heterocycles. The van der Waals surface area contributed by atoms with E-state index in [2.05, 4.69) is 9.97 Å². The van der Waals surface area contributed by atoms with Gasteiger partial charge in [0.05, 0.1) is 18.9 Å². The van der Waals surface area contributed by atoms with Crippen LogP contribution in [0.25, 0.3) is 0 Å². The van der Waals surface area contributed by atoms with Gasteiger partial charge in [-0.2, -0.15) is 0 Å². The Morgan fingerprint density at radius 2 is 2.15 bits per heavy atom. The highest BCUT2D eigenvalue weighted by molar-refractivity contribution is 5.92. The molecule has 1 aromatic carbocycles. The standard InChI is InChI=1S/C14H14N4O2/c15-13-8-16-7-11(17-13)14(19)18-5-6-20-12-4-2-1-3-10(12)9-18/h1-4,7-8H,5-6,9H2,(H2,15,17). The SMILES string of the molecule is Nc1cncc(C(=O)N2CCOc3ccccc3C2)n1.